The Morgan fingerprint density at radius 2 is 1.52 bits per heavy atom. The van der Waals surface area contributed by atoms with E-state index in [2.05, 4.69) is 20.9 Å². The second kappa shape index (κ2) is 17.3. The van der Waals surface area contributed by atoms with Crippen molar-refractivity contribution < 1.29 is 29.4 Å². The number of carboxylic acids is 1. The van der Waals surface area contributed by atoms with Crippen LogP contribution in [0.3, 0.4) is 0 Å². The Morgan fingerprint density at radius 3 is 2.20 bits per heavy atom. The van der Waals surface area contributed by atoms with Crippen LogP contribution in [-0.4, -0.2) is 81.6 Å². The van der Waals surface area contributed by atoms with E-state index < -0.39 is 47.9 Å². The van der Waals surface area contributed by atoms with Crippen molar-refractivity contribution in [1.82, 2.24) is 20.9 Å². The lowest BCUT2D eigenvalue weighted by Crippen LogP contribution is -2.58. The number of phenols is 1. The zero-order valence-corrected chi connectivity index (χ0v) is 25.6. The van der Waals surface area contributed by atoms with E-state index >= 15 is 0 Å². The molecule has 44 heavy (non-hydrogen) atoms. The number of aromatic nitrogens is 1. The Kier molecular flexibility index (Phi) is 13.5. The van der Waals surface area contributed by atoms with E-state index in [-0.39, 0.29) is 25.0 Å². The summed E-state index contributed by atoms with van der Waals surface area (Å²) in [5, 5.41) is 28.3. The first-order chi connectivity index (χ1) is 21.1. The third kappa shape index (κ3) is 10.3. The van der Waals surface area contributed by atoms with Gasteiger partial charge in [-0.05, 0) is 67.1 Å². The molecule has 3 aromatic rings. The molecule has 3 amide bonds. The molecular formula is C31H42N6O6S. The van der Waals surface area contributed by atoms with E-state index in [1.54, 1.807) is 18.3 Å². The van der Waals surface area contributed by atoms with Crippen molar-refractivity contribution in [1.29, 1.82) is 0 Å². The van der Waals surface area contributed by atoms with Gasteiger partial charge in [-0.15, -0.1) is 0 Å². The molecule has 2 aromatic carbocycles. The summed E-state index contributed by atoms with van der Waals surface area (Å²) in [6, 6.07) is 9.36. The van der Waals surface area contributed by atoms with Gasteiger partial charge in [0.15, 0.2) is 0 Å². The molecule has 0 bridgehead atoms. The zero-order chi connectivity index (χ0) is 32.1. The maximum atomic E-state index is 13.7. The van der Waals surface area contributed by atoms with Gasteiger partial charge < -0.3 is 42.6 Å². The number of carboxylic acid groups (broad SMARTS) is 1. The fraction of sp³-hybridized carbons (Fsp3) is 0.419. The molecule has 0 radical (unpaired) electrons. The van der Waals surface area contributed by atoms with E-state index in [0.717, 1.165) is 22.9 Å². The Hall–Kier alpha value is -4.07. The highest BCUT2D eigenvalue weighted by Gasteiger charge is 2.31. The molecule has 1 heterocycles. The van der Waals surface area contributed by atoms with E-state index in [1.807, 2.05) is 30.5 Å². The van der Waals surface area contributed by atoms with Crippen LogP contribution in [0.25, 0.3) is 10.9 Å². The molecular weight excluding hydrogens is 584 g/mol. The Bertz CT molecular complexity index is 1400. The fourth-order valence-corrected chi connectivity index (χ4v) is 5.24. The first kappa shape index (κ1) is 34.4. The number of hydrogen-bond donors (Lipinski definition) is 8. The van der Waals surface area contributed by atoms with Crippen LogP contribution in [-0.2, 0) is 32.0 Å². The quantitative estimate of drug-likeness (QED) is 0.0957. The van der Waals surface area contributed by atoms with Crippen LogP contribution in [0.15, 0.2) is 54.7 Å². The van der Waals surface area contributed by atoms with Crippen LogP contribution in [0, 0.1) is 0 Å². The number of benzene rings is 2. The van der Waals surface area contributed by atoms with Gasteiger partial charge in [-0.1, -0.05) is 36.8 Å². The SMILES string of the molecule is CSCCC(NC(=O)C(Cc1c[nH]c2ccccc12)NC(=O)C(N)CCCCN)C(=O)NC(Cc1ccc(O)cc1)C(=O)O. The lowest BCUT2D eigenvalue weighted by atomic mass is 10.0. The number of para-hydroxylation sites is 1. The first-order valence-electron chi connectivity index (χ1n) is 14.5. The van der Waals surface area contributed by atoms with Crippen molar-refractivity contribution >= 4 is 46.4 Å². The van der Waals surface area contributed by atoms with Gasteiger partial charge in [0.25, 0.3) is 0 Å². The van der Waals surface area contributed by atoms with Crippen LogP contribution in [0.4, 0.5) is 0 Å². The van der Waals surface area contributed by atoms with Gasteiger partial charge in [-0.25, -0.2) is 4.79 Å². The van der Waals surface area contributed by atoms with Crippen molar-refractivity contribution in [2.45, 2.75) is 62.7 Å². The first-order valence-corrected chi connectivity index (χ1v) is 15.9. The molecule has 0 saturated heterocycles. The fourth-order valence-electron chi connectivity index (χ4n) is 4.77. The van der Waals surface area contributed by atoms with Gasteiger partial charge in [-0.3, -0.25) is 14.4 Å². The van der Waals surface area contributed by atoms with Crippen molar-refractivity contribution in [3.05, 3.63) is 65.9 Å². The molecule has 0 aliphatic carbocycles. The summed E-state index contributed by atoms with van der Waals surface area (Å²) in [7, 11) is 0. The minimum absolute atomic E-state index is 0.0220. The van der Waals surface area contributed by atoms with E-state index in [1.165, 1.54) is 23.9 Å². The molecule has 10 N–H and O–H groups in total. The van der Waals surface area contributed by atoms with E-state index in [9.17, 15) is 29.4 Å². The number of aromatic amines is 1. The Balaban J connectivity index is 1.79. The monoisotopic (exact) mass is 626 g/mol. The number of carbonyl (C=O) groups is 4. The molecule has 0 spiro atoms. The second-order valence-electron chi connectivity index (χ2n) is 10.6. The minimum Gasteiger partial charge on any atom is -0.508 e. The van der Waals surface area contributed by atoms with Crippen LogP contribution >= 0.6 is 11.8 Å². The Morgan fingerprint density at radius 1 is 0.864 bits per heavy atom. The average Bonchev–Trinajstić information content (AvgIpc) is 3.42. The lowest BCUT2D eigenvalue weighted by molar-refractivity contribution is -0.142. The highest BCUT2D eigenvalue weighted by Crippen LogP contribution is 2.20. The largest absolute Gasteiger partial charge is 0.508 e. The topological polar surface area (TPSA) is 213 Å². The number of unbranched alkanes of at least 4 members (excludes halogenated alkanes) is 1. The molecule has 0 saturated carbocycles. The van der Waals surface area contributed by atoms with Crippen LogP contribution in [0.1, 0.15) is 36.8 Å². The maximum Gasteiger partial charge on any atom is 0.326 e. The van der Waals surface area contributed by atoms with Gasteiger partial charge in [-0.2, -0.15) is 11.8 Å². The molecule has 0 fully saturated rings. The number of thioether (sulfide) groups is 1. The van der Waals surface area contributed by atoms with Gasteiger partial charge in [0.05, 0.1) is 6.04 Å². The third-order valence-corrected chi connectivity index (χ3v) is 7.92. The summed E-state index contributed by atoms with van der Waals surface area (Å²) in [6.45, 7) is 0.483. The van der Waals surface area contributed by atoms with Gasteiger partial charge >= 0.3 is 5.97 Å². The summed E-state index contributed by atoms with van der Waals surface area (Å²) >= 11 is 1.47. The number of aliphatic carboxylic acids is 1. The van der Waals surface area contributed by atoms with Gasteiger partial charge in [0, 0.05) is 29.9 Å². The van der Waals surface area contributed by atoms with Crippen molar-refractivity contribution in [3.63, 3.8) is 0 Å². The highest BCUT2D eigenvalue weighted by atomic mass is 32.2. The lowest BCUT2D eigenvalue weighted by Gasteiger charge is -2.25. The van der Waals surface area contributed by atoms with Crippen LogP contribution in [0.2, 0.25) is 0 Å². The van der Waals surface area contributed by atoms with E-state index in [4.69, 9.17) is 11.5 Å². The number of hydrogen-bond acceptors (Lipinski definition) is 8. The van der Waals surface area contributed by atoms with Crippen LogP contribution in [0.5, 0.6) is 5.75 Å². The molecule has 12 nitrogen and oxygen atoms in total. The molecule has 1 aromatic heterocycles. The number of amides is 3. The number of H-pyrrole nitrogens is 1. The standard InChI is InChI=1S/C31H42N6O6S/c1-44-15-13-25(29(40)37-27(31(42)43)16-19-9-11-21(38)12-10-19)35-30(41)26(36-28(39)23(33)7-4-5-14-32)17-20-18-34-24-8-3-2-6-22(20)24/h2-3,6,8-12,18,23,25-27,34,38H,4-5,7,13-17,32-33H2,1H3,(H,35,41)(H,36,39)(H,37,40)(H,42,43). The molecule has 13 heteroatoms. The smallest absolute Gasteiger partial charge is 0.326 e. The summed E-state index contributed by atoms with van der Waals surface area (Å²) in [5.74, 6) is -2.44. The number of aromatic hydroxyl groups is 1. The highest BCUT2D eigenvalue weighted by molar-refractivity contribution is 7.98. The number of nitrogens with one attached hydrogen (secondary N) is 4. The number of carbonyl (C=O) groups excluding carboxylic acids is 3. The molecule has 0 aliphatic rings. The Labute approximate surface area is 260 Å². The van der Waals surface area contributed by atoms with Crippen molar-refractivity contribution in [2.75, 3.05) is 18.6 Å². The summed E-state index contributed by atoms with van der Waals surface area (Å²) in [4.78, 5) is 55.3. The zero-order valence-electron chi connectivity index (χ0n) is 24.8. The predicted octanol–water partition coefficient (Wildman–Crippen LogP) is 1.41. The van der Waals surface area contributed by atoms with Crippen molar-refractivity contribution in [2.24, 2.45) is 11.5 Å². The molecule has 0 aliphatic heterocycles. The number of phenolic OH excluding ortho intramolecular Hbond substituents is 1. The summed E-state index contributed by atoms with van der Waals surface area (Å²) < 4.78 is 0. The summed E-state index contributed by atoms with van der Waals surface area (Å²) in [6.07, 6.45) is 5.76. The van der Waals surface area contributed by atoms with Crippen molar-refractivity contribution in [3.8, 4) is 5.75 Å². The average molecular weight is 627 g/mol. The molecule has 4 unspecified atom stereocenters. The normalized spacial score (nSPS) is 13.9. The number of fused-ring (bicyclic) bond motifs is 1. The predicted molar refractivity (Wildman–Crippen MR) is 171 cm³/mol. The third-order valence-electron chi connectivity index (χ3n) is 7.27. The number of nitrogens with two attached hydrogens (primary N) is 2. The van der Waals surface area contributed by atoms with Crippen LogP contribution < -0.4 is 27.4 Å². The number of rotatable bonds is 18. The second-order valence-corrected chi connectivity index (χ2v) is 11.6. The molecule has 3 rings (SSSR count). The molecule has 238 valence electrons. The summed E-state index contributed by atoms with van der Waals surface area (Å²) in [5.41, 5.74) is 13.9. The van der Waals surface area contributed by atoms with Gasteiger partial charge in [0.1, 0.15) is 23.9 Å². The van der Waals surface area contributed by atoms with Gasteiger partial charge in [0.2, 0.25) is 17.7 Å². The molecule has 4 atom stereocenters. The maximum absolute atomic E-state index is 13.7. The minimum atomic E-state index is -1.27. The van der Waals surface area contributed by atoms with E-state index in [0.29, 0.717) is 30.7 Å².